The highest BCUT2D eigenvalue weighted by Crippen LogP contribution is 2.37. The summed E-state index contributed by atoms with van der Waals surface area (Å²) in [6.45, 7) is 0. The average molecular weight is 211 g/mol. The smallest absolute Gasteiger partial charge is 0.263 e. The van der Waals surface area contributed by atoms with E-state index in [4.69, 9.17) is 0 Å². The van der Waals surface area contributed by atoms with Gasteiger partial charge >= 0.3 is 0 Å². The number of para-hydroxylation sites is 1. The predicted octanol–water partition coefficient (Wildman–Crippen LogP) is 1.08. The van der Waals surface area contributed by atoms with Gasteiger partial charge in [-0.2, -0.15) is 0 Å². The lowest BCUT2D eigenvalue weighted by molar-refractivity contribution is 0.517. The van der Waals surface area contributed by atoms with Crippen molar-refractivity contribution < 1.29 is 0 Å². The van der Waals surface area contributed by atoms with Crippen LogP contribution in [0.15, 0.2) is 34.1 Å². The normalized spacial score (nSPS) is 25.2. The third kappa shape index (κ3) is 0.829. The van der Waals surface area contributed by atoms with Crippen molar-refractivity contribution in [2.45, 2.75) is 18.5 Å². The van der Waals surface area contributed by atoms with Crippen LogP contribution in [0.1, 0.15) is 12.2 Å². The summed E-state index contributed by atoms with van der Waals surface area (Å²) >= 11 is 0. The lowest BCUT2D eigenvalue weighted by atomic mass is 10.2. The summed E-state index contributed by atoms with van der Waals surface area (Å²) in [5.41, 5.74) is 0.482. The standard InChI is InChI=1S/C12H9N3O/c16-11-8-3-1-2-4-9(8)14-10-5-6-12(7-13-12)15(10)11/h1-4,7H,5-6H2. The zero-order valence-electron chi connectivity index (χ0n) is 8.55. The largest absolute Gasteiger partial charge is 0.268 e. The Bertz CT molecular complexity index is 693. The van der Waals surface area contributed by atoms with E-state index in [0.717, 1.165) is 24.2 Å². The van der Waals surface area contributed by atoms with Crippen molar-refractivity contribution >= 4 is 17.1 Å². The van der Waals surface area contributed by atoms with Crippen LogP contribution in [0.5, 0.6) is 0 Å². The minimum absolute atomic E-state index is 0.0376. The molecule has 0 saturated carbocycles. The molecule has 0 fully saturated rings. The van der Waals surface area contributed by atoms with E-state index in [1.807, 2.05) is 30.5 Å². The Morgan fingerprint density at radius 3 is 2.94 bits per heavy atom. The molecule has 2 aliphatic rings. The molecule has 0 N–H and O–H groups in total. The van der Waals surface area contributed by atoms with E-state index in [1.54, 1.807) is 4.57 Å². The number of benzene rings is 1. The maximum Gasteiger partial charge on any atom is 0.263 e. The molecule has 2 aliphatic heterocycles. The summed E-state index contributed by atoms with van der Waals surface area (Å²) in [6.07, 6.45) is 3.56. The molecule has 1 atom stereocenters. The predicted molar refractivity (Wildman–Crippen MR) is 60.8 cm³/mol. The maximum atomic E-state index is 12.3. The van der Waals surface area contributed by atoms with Gasteiger partial charge in [-0.3, -0.25) is 14.4 Å². The molecular weight excluding hydrogens is 202 g/mol. The fraction of sp³-hybridized carbons (Fsp3) is 0.250. The average Bonchev–Trinajstić information content (AvgIpc) is 2.98. The number of aliphatic imine (C=N–C) groups is 1. The quantitative estimate of drug-likeness (QED) is 0.654. The molecular formula is C12H9N3O. The third-order valence-corrected chi connectivity index (χ3v) is 3.38. The molecule has 0 radical (unpaired) electrons. The monoisotopic (exact) mass is 211 g/mol. The fourth-order valence-corrected chi connectivity index (χ4v) is 2.47. The Morgan fingerprint density at radius 1 is 1.31 bits per heavy atom. The topological polar surface area (TPSA) is 47.2 Å². The molecule has 78 valence electrons. The van der Waals surface area contributed by atoms with Gasteiger partial charge in [0, 0.05) is 12.8 Å². The molecule has 4 rings (SSSR count). The molecule has 16 heavy (non-hydrogen) atoms. The molecule has 0 saturated heterocycles. The second kappa shape index (κ2) is 2.40. The fourth-order valence-electron chi connectivity index (χ4n) is 2.47. The van der Waals surface area contributed by atoms with Gasteiger partial charge in [-0.1, -0.05) is 12.1 Å². The number of aromatic nitrogens is 2. The summed E-state index contributed by atoms with van der Waals surface area (Å²) in [7, 11) is 0. The number of nitrogens with zero attached hydrogens (tertiary/aromatic N) is 3. The van der Waals surface area contributed by atoms with Crippen LogP contribution in [0.4, 0.5) is 0 Å². The molecule has 0 amide bonds. The number of aryl methyl sites for hydroxylation is 1. The molecule has 0 bridgehead atoms. The first kappa shape index (κ1) is 8.21. The van der Waals surface area contributed by atoms with Gasteiger partial charge in [0.2, 0.25) is 0 Å². The number of hydrogen-bond acceptors (Lipinski definition) is 3. The highest BCUT2D eigenvalue weighted by Gasteiger charge is 2.46. The van der Waals surface area contributed by atoms with Gasteiger partial charge in [-0.05, 0) is 12.1 Å². The summed E-state index contributed by atoms with van der Waals surface area (Å²) in [5.74, 6) is 0.862. The summed E-state index contributed by atoms with van der Waals surface area (Å²) < 4.78 is 1.75. The molecule has 4 nitrogen and oxygen atoms in total. The molecule has 1 aromatic carbocycles. The molecule has 2 aromatic rings. The first-order valence-corrected chi connectivity index (χ1v) is 5.38. The Hall–Kier alpha value is -1.97. The van der Waals surface area contributed by atoms with E-state index < -0.39 is 0 Å². The van der Waals surface area contributed by atoms with E-state index in [-0.39, 0.29) is 11.2 Å². The molecule has 1 aromatic heterocycles. The van der Waals surface area contributed by atoms with Crippen LogP contribution in [-0.2, 0) is 12.1 Å². The van der Waals surface area contributed by atoms with Gasteiger partial charge in [0.15, 0.2) is 5.66 Å². The van der Waals surface area contributed by atoms with Crippen molar-refractivity contribution in [3.63, 3.8) is 0 Å². The van der Waals surface area contributed by atoms with Gasteiger partial charge in [0.05, 0.1) is 17.1 Å². The van der Waals surface area contributed by atoms with Crippen molar-refractivity contribution in [3.05, 3.63) is 40.4 Å². The van der Waals surface area contributed by atoms with E-state index >= 15 is 0 Å². The van der Waals surface area contributed by atoms with E-state index in [9.17, 15) is 4.79 Å². The van der Waals surface area contributed by atoms with E-state index in [0.29, 0.717) is 5.39 Å². The van der Waals surface area contributed by atoms with Crippen molar-refractivity contribution in [2.24, 2.45) is 4.99 Å². The maximum absolute atomic E-state index is 12.3. The molecule has 3 heterocycles. The van der Waals surface area contributed by atoms with Crippen molar-refractivity contribution in [1.29, 1.82) is 0 Å². The number of hydrogen-bond donors (Lipinski definition) is 0. The van der Waals surface area contributed by atoms with Crippen LogP contribution in [0.3, 0.4) is 0 Å². The van der Waals surface area contributed by atoms with Crippen LogP contribution >= 0.6 is 0 Å². The summed E-state index contributed by atoms with van der Waals surface area (Å²) in [4.78, 5) is 21.1. The number of fused-ring (bicyclic) bond motifs is 3. The van der Waals surface area contributed by atoms with Crippen LogP contribution in [0.2, 0.25) is 0 Å². The van der Waals surface area contributed by atoms with Gasteiger partial charge < -0.3 is 0 Å². The van der Waals surface area contributed by atoms with Crippen LogP contribution < -0.4 is 5.56 Å². The third-order valence-electron chi connectivity index (χ3n) is 3.38. The van der Waals surface area contributed by atoms with Gasteiger partial charge in [0.25, 0.3) is 5.56 Å². The highest BCUT2D eigenvalue weighted by molar-refractivity contribution is 5.84. The Kier molecular flexibility index (Phi) is 1.23. The zero-order valence-corrected chi connectivity index (χ0v) is 8.55. The molecule has 4 heteroatoms. The minimum Gasteiger partial charge on any atom is -0.268 e. The summed E-state index contributed by atoms with van der Waals surface area (Å²) in [6, 6.07) is 7.49. The second-order valence-electron chi connectivity index (χ2n) is 4.32. The lowest BCUT2D eigenvalue weighted by Gasteiger charge is -2.10. The van der Waals surface area contributed by atoms with Crippen molar-refractivity contribution in [1.82, 2.24) is 9.55 Å². The lowest BCUT2D eigenvalue weighted by Crippen LogP contribution is -2.30. The molecule has 0 aliphatic carbocycles. The Labute approximate surface area is 91.3 Å². The van der Waals surface area contributed by atoms with Gasteiger partial charge in [-0.15, -0.1) is 0 Å². The van der Waals surface area contributed by atoms with E-state index in [2.05, 4.69) is 9.98 Å². The van der Waals surface area contributed by atoms with Gasteiger partial charge in [0.1, 0.15) is 5.82 Å². The number of rotatable bonds is 0. The van der Waals surface area contributed by atoms with Crippen molar-refractivity contribution in [2.75, 3.05) is 0 Å². The summed E-state index contributed by atoms with van der Waals surface area (Å²) in [5, 5.41) is 0.683. The second-order valence-corrected chi connectivity index (χ2v) is 4.32. The highest BCUT2D eigenvalue weighted by atomic mass is 16.1. The minimum atomic E-state index is -0.344. The van der Waals surface area contributed by atoms with E-state index in [1.165, 1.54) is 0 Å². The molecule has 1 spiro atoms. The first-order chi connectivity index (χ1) is 7.80. The SMILES string of the molecule is O=c1c2ccccc2nc2n1C1(C=N1)CC2. The Balaban J connectivity index is 2.17. The van der Waals surface area contributed by atoms with Crippen molar-refractivity contribution in [3.8, 4) is 0 Å². The Morgan fingerprint density at radius 2 is 2.12 bits per heavy atom. The first-order valence-electron chi connectivity index (χ1n) is 5.38. The van der Waals surface area contributed by atoms with Crippen LogP contribution in [-0.4, -0.2) is 15.8 Å². The molecule has 1 unspecified atom stereocenters. The van der Waals surface area contributed by atoms with Crippen LogP contribution in [0.25, 0.3) is 10.9 Å². The van der Waals surface area contributed by atoms with Crippen LogP contribution in [0, 0.1) is 0 Å². The van der Waals surface area contributed by atoms with Gasteiger partial charge in [-0.25, -0.2) is 4.98 Å². The zero-order chi connectivity index (χ0) is 10.8.